The first-order chi connectivity index (χ1) is 11.7. The molecule has 116 valence electrons. The van der Waals surface area contributed by atoms with Gasteiger partial charge >= 0.3 is 5.97 Å². The fraction of sp³-hybridized carbons (Fsp3) is 0. The SMILES string of the molecule is O=C1OC(c2cccc(I)c2)=NC1=Cc1cccc2ccccc12. The van der Waals surface area contributed by atoms with Gasteiger partial charge in [0, 0.05) is 9.13 Å². The smallest absolute Gasteiger partial charge is 0.363 e. The lowest BCUT2D eigenvalue weighted by molar-refractivity contribution is -0.129. The van der Waals surface area contributed by atoms with Crippen LogP contribution in [-0.4, -0.2) is 11.9 Å². The monoisotopic (exact) mass is 425 g/mol. The summed E-state index contributed by atoms with van der Waals surface area (Å²) in [5.41, 5.74) is 2.07. The largest absolute Gasteiger partial charge is 0.402 e. The molecule has 4 rings (SSSR count). The Hall–Kier alpha value is -2.47. The predicted octanol–water partition coefficient (Wildman–Crippen LogP) is 4.79. The van der Waals surface area contributed by atoms with E-state index in [1.165, 1.54) is 0 Å². The van der Waals surface area contributed by atoms with Crippen molar-refractivity contribution in [1.29, 1.82) is 0 Å². The predicted molar refractivity (Wildman–Crippen MR) is 104 cm³/mol. The molecule has 0 radical (unpaired) electrons. The van der Waals surface area contributed by atoms with Gasteiger partial charge in [0.2, 0.25) is 5.90 Å². The summed E-state index contributed by atoms with van der Waals surface area (Å²) in [6.07, 6.45) is 1.78. The van der Waals surface area contributed by atoms with Crippen LogP contribution in [0.15, 0.2) is 77.4 Å². The summed E-state index contributed by atoms with van der Waals surface area (Å²) in [5, 5.41) is 2.21. The van der Waals surface area contributed by atoms with Crippen molar-refractivity contribution in [3.63, 3.8) is 0 Å². The van der Waals surface area contributed by atoms with Crippen LogP contribution in [0.25, 0.3) is 16.8 Å². The van der Waals surface area contributed by atoms with E-state index in [1.54, 1.807) is 6.08 Å². The zero-order valence-electron chi connectivity index (χ0n) is 12.6. The maximum atomic E-state index is 12.2. The standard InChI is InChI=1S/C20H12INO2/c21-16-9-4-8-15(11-16)19-22-18(20(23)24-19)12-14-7-3-6-13-5-1-2-10-17(13)14/h1-12H. The molecule has 0 N–H and O–H groups in total. The van der Waals surface area contributed by atoms with Gasteiger partial charge in [0.05, 0.1) is 0 Å². The van der Waals surface area contributed by atoms with Gasteiger partial charge in [0.25, 0.3) is 0 Å². The number of cyclic esters (lactones) is 1. The molecular formula is C20H12INO2. The van der Waals surface area contributed by atoms with Crippen LogP contribution in [0.4, 0.5) is 0 Å². The second-order valence-corrected chi connectivity index (χ2v) is 6.66. The lowest BCUT2D eigenvalue weighted by atomic mass is 10.0. The third kappa shape index (κ3) is 2.85. The number of carbonyl (C=O) groups is 1. The van der Waals surface area contributed by atoms with Crippen LogP contribution in [0, 0.1) is 3.57 Å². The summed E-state index contributed by atoms with van der Waals surface area (Å²) >= 11 is 2.22. The molecule has 0 saturated heterocycles. The number of esters is 1. The Morgan fingerprint density at radius 3 is 2.62 bits per heavy atom. The Kier molecular flexibility index (Phi) is 3.90. The Morgan fingerprint density at radius 1 is 0.958 bits per heavy atom. The van der Waals surface area contributed by atoms with Crippen molar-refractivity contribution in [2.24, 2.45) is 4.99 Å². The van der Waals surface area contributed by atoms with Crippen molar-refractivity contribution in [2.45, 2.75) is 0 Å². The molecular weight excluding hydrogens is 413 g/mol. The number of rotatable bonds is 2. The van der Waals surface area contributed by atoms with Crippen molar-refractivity contribution >= 4 is 51.3 Å². The second-order valence-electron chi connectivity index (χ2n) is 5.41. The molecule has 0 atom stereocenters. The van der Waals surface area contributed by atoms with Gasteiger partial charge in [-0.2, -0.15) is 0 Å². The van der Waals surface area contributed by atoms with Gasteiger partial charge < -0.3 is 4.74 Å². The summed E-state index contributed by atoms with van der Waals surface area (Å²) in [7, 11) is 0. The number of nitrogens with zero attached hydrogens (tertiary/aromatic N) is 1. The summed E-state index contributed by atoms with van der Waals surface area (Å²) in [6.45, 7) is 0. The van der Waals surface area contributed by atoms with Gasteiger partial charge in [0.1, 0.15) is 0 Å². The molecule has 0 amide bonds. The Labute approximate surface area is 152 Å². The Morgan fingerprint density at radius 2 is 1.75 bits per heavy atom. The van der Waals surface area contributed by atoms with E-state index < -0.39 is 5.97 Å². The molecule has 0 bridgehead atoms. The molecule has 0 aliphatic carbocycles. The van der Waals surface area contributed by atoms with Gasteiger partial charge in [0.15, 0.2) is 5.70 Å². The van der Waals surface area contributed by atoms with Crippen molar-refractivity contribution in [2.75, 3.05) is 0 Å². The number of halogens is 1. The molecule has 3 nitrogen and oxygen atoms in total. The van der Waals surface area contributed by atoms with Crippen molar-refractivity contribution in [3.8, 4) is 0 Å². The summed E-state index contributed by atoms with van der Waals surface area (Å²) in [4.78, 5) is 16.6. The van der Waals surface area contributed by atoms with Crippen molar-refractivity contribution < 1.29 is 9.53 Å². The number of ether oxygens (including phenoxy) is 1. The average Bonchev–Trinajstić information content (AvgIpc) is 2.96. The fourth-order valence-corrected chi connectivity index (χ4v) is 3.22. The Balaban J connectivity index is 1.78. The van der Waals surface area contributed by atoms with Gasteiger partial charge in [-0.1, -0.05) is 48.5 Å². The molecule has 3 aromatic rings. The molecule has 0 aromatic heterocycles. The first kappa shape index (κ1) is 15.1. The molecule has 1 aliphatic heterocycles. The van der Waals surface area contributed by atoms with Gasteiger partial charge in [-0.25, -0.2) is 9.79 Å². The zero-order chi connectivity index (χ0) is 16.5. The minimum absolute atomic E-state index is 0.320. The van der Waals surface area contributed by atoms with Crippen LogP contribution in [0.3, 0.4) is 0 Å². The van der Waals surface area contributed by atoms with Crippen LogP contribution in [-0.2, 0) is 9.53 Å². The van der Waals surface area contributed by atoms with E-state index in [4.69, 9.17) is 4.74 Å². The third-order valence-electron chi connectivity index (χ3n) is 3.81. The van der Waals surface area contributed by atoms with Gasteiger partial charge in [-0.15, -0.1) is 0 Å². The highest BCUT2D eigenvalue weighted by molar-refractivity contribution is 14.1. The highest BCUT2D eigenvalue weighted by Gasteiger charge is 2.24. The maximum absolute atomic E-state index is 12.2. The van der Waals surface area contributed by atoms with Crippen molar-refractivity contribution in [1.82, 2.24) is 0 Å². The number of carbonyl (C=O) groups excluding carboxylic acids is 1. The number of hydrogen-bond donors (Lipinski definition) is 0. The van der Waals surface area contributed by atoms with E-state index in [0.717, 1.165) is 25.5 Å². The fourth-order valence-electron chi connectivity index (χ4n) is 2.68. The number of benzene rings is 3. The highest BCUT2D eigenvalue weighted by atomic mass is 127. The van der Waals surface area contributed by atoms with E-state index >= 15 is 0 Å². The molecule has 3 aromatic carbocycles. The van der Waals surface area contributed by atoms with Crippen molar-refractivity contribution in [3.05, 3.63) is 87.1 Å². The van der Waals surface area contributed by atoms with Crippen LogP contribution >= 0.6 is 22.6 Å². The lowest BCUT2D eigenvalue weighted by Gasteiger charge is -2.01. The summed E-state index contributed by atoms with van der Waals surface area (Å²) in [5.74, 6) is -0.0678. The first-order valence-corrected chi connectivity index (χ1v) is 8.55. The molecule has 1 aliphatic rings. The van der Waals surface area contributed by atoms with E-state index in [9.17, 15) is 4.79 Å². The van der Waals surface area contributed by atoms with Gasteiger partial charge in [-0.05, 0) is 63.2 Å². The lowest BCUT2D eigenvalue weighted by Crippen LogP contribution is -2.05. The molecule has 0 fully saturated rings. The average molecular weight is 425 g/mol. The molecule has 0 spiro atoms. The van der Waals surface area contributed by atoms with E-state index in [1.807, 2.05) is 66.7 Å². The summed E-state index contributed by atoms with van der Waals surface area (Å²) < 4.78 is 6.40. The number of aliphatic imine (C=N–C) groups is 1. The Bertz CT molecular complexity index is 1020. The van der Waals surface area contributed by atoms with E-state index in [2.05, 4.69) is 27.6 Å². The number of fused-ring (bicyclic) bond motifs is 1. The minimum Gasteiger partial charge on any atom is -0.402 e. The van der Waals surface area contributed by atoms with Gasteiger partial charge in [-0.3, -0.25) is 0 Å². The zero-order valence-corrected chi connectivity index (χ0v) is 14.7. The molecule has 0 saturated carbocycles. The van der Waals surface area contributed by atoms with Crippen LogP contribution in [0.1, 0.15) is 11.1 Å². The molecule has 24 heavy (non-hydrogen) atoms. The summed E-state index contributed by atoms with van der Waals surface area (Å²) in [6, 6.07) is 21.8. The van der Waals surface area contributed by atoms with Crippen LogP contribution < -0.4 is 0 Å². The van der Waals surface area contributed by atoms with Crippen LogP contribution in [0.2, 0.25) is 0 Å². The molecule has 0 unspecified atom stereocenters. The molecule has 1 heterocycles. The normalized spacial score (nSPS) is 15.6. The number of hydrogen-bond acceptors (Lipinski definition) is 3. The topological polar surface area (TPSA) is 38.7 Å². The second kappa shape index (κ2) is 6.20. The van der Waals surface area contributed by atoms with Crippen LogP contribution in [0.5, 0.6) is 0 Å². The molecule has 4 heteroatoms. The quantitative estimate of drug-likeness (QED) is 0.337. The maximum Gasteiger partial charge on any atom is 0.363 e. The minimum atomic E-state index is -0.420. The third-order valence-corrected chi connectivity index (χ3v) is 4.48. The van der Waals surface area contributed by atoms with E-state index in [-0.39, 0.29) is 0 Å². The first-order valence-electron chi connectivity index (χ1n) is 7.47. The highest BCUT2D eigenvalue weighted by Crippen LogP contribution is 2.24. The van der Waals surface area contributed by atoms with E-state index in [0.29, 0.717) is 11.6 Å².